The van der Waals surface area contributed by atoms with Crippen molar-refractivity contribution in [3.63, 3.8) is 0 Å². The third kappa shape index (κ3) is 6.07. The highest BCUT2D eigenvalue weighted by atomic mass is 79.9. The fourth-order valence-electron chi connectivity index (χ4n) is 2.57. The molecule has 5 nitrogen and oxygen atoms in total. The summed E-state index contributed by atoms with van der Waals surface area (Å²) in [4.78, 5) is 12.5. The van der Waals surface area contributed by atoms with E-state index in [1.54, 1.807) is 42.5 Å². The van der Waals surface area contributed by atoms with Gasteiger partial charge in [-0.25, -0.2) is 8.42 Å². The average Bonchev–Trinajstić information content (AvgIpc) is 2.63. The number of amides is 1. The molecule has 0 atom stereocenters. The van der Waals surface area contributed by atoms with E-state index in [1.165, 1.54) is 0 Å². The topological polar surface area (TPSA) is 66.5 Å². The van der Waals surface area contributed by atoms with Gasteiger partial charge in [-0.2, -0.15) is 0 Å². The molecule has 0 bridgehead atoms. The lowest BCUT2D eigenvalue weighted by Crippen LogP contribution is -2.41. The summed E-state index contributed by atoms with van der Waals surface area (Å²) >= 11 is 3.37. The van der Waals surface area contributed by atoms with E-state index in [-0.39, 0.29) is 17.3 Å². The second-order valence-corrected chi connectivity index (χ2v) is 9.14. The predicted molar refractivity (Wildman–Crippen MR) is 112 cm³/mol. The van der Waals surface area contributed by atoms with Crippen LogP contribution in [-0.2, 0) is 14.8 Å². The van der Waals surface area contributed by atoms with Gasteiger partial charge in [0.05, 0.1) is 10.6 Å². The van der Waals surface area contributed by atoms with Crippen molar-refractivity contribution in [1.29, 1.82) is 0 Å². The second-order valence-electron chi connectivity index (χ2n) is 6.36. The largest absolute Gasteiger partial charge is 0.355 e. The van der Waals surface area contributed by atoms with Gasteiger partial charge < -0.3 is 5.32 Å². The summed E-state index contributed by atoms with van der Waals surface area (Å²) in [5, 5.41) is 2.81. The minimum absolute atomic E-state index is 0.159. The number of halogens is 1. The lowest BCUT2D eigenvalue weighted by Gasteiger charge is -2.24. The summed E-state index contributed by atoms with van der Waals surface area (Å²) in [7, 11) is -3.87. The Bertz CT molecular complexity index is 867. The van der Waals surface area contributed by atoms with E-state index >= 15 is 0 Å². The molecule has 0 fully saturated rings. The van der Waals surface area contributed by atoms with Gasteiger partial charge in [-0.3, -0.25) is 9.10 Å². The molecule has 2 aromatic carbocycles. The fourth-order valence-corrected chi connectivity index (χ4v) is 4.37. The van der Waals surface area contributed by atoms with E-state index in [2.05, 4.69) is 28.2 Å². The molecule has 0 radical (unpaired) electrons. The minimum Gasteiger partial charge on any atom is -0.355 e. The molecule has 1 N–H and O–H groups in total. The Morgan fingerprint density at radius 2 is 1.81 bits per heavy atom. The predicted octanol–water partition coefficient (Wildman–Crippen LogP) is 4.26. The zero-order valence-corrected chi connectivity index (χ0v) is 18.0. The van der Waals surface area contributed by atoms with Crippen molar-refractivity contribution in [3.05, 3.63) is 58.6 Å². The van der Waals surface area contributed by atoms with Crippen LogP contribution >= 0.6 is 15.9 Å². The monoisotopic (exact) mass is 452 g/mol. The second kappa shape index (κ2) is 9.90. The Labute approximate surface area is 170 Å². The van der Waals surface area contributed by atoms with E-state index < -0.39 is 10.0 Å². The molecule has 0 heterocycles. The molecule has 146 valence electrons. The molecule has 0 unspecified atom stereocenters. The number of benzene rings is 2. The molecule has 0 aliphatic rings. The first-order valence-electron chi connectivity index (χ1n) is 8.96. The SMILES string of the molecule is CCCCCNC(=O)CN(c1cccc(Br)c1)S(=O)(=O)c1ccc(C)cc1. The number of nitrogens with zero attached hydrogens (tertiary/aromatic N) is 1. The number of hydrogen-bond donors (Lipinski definition) is 1. The molecule has 1 amide bonds. The maximum Gasteiger partial charge on any atom is 0.264 e. The first kappa shape index (κ1) is 21.4. The molecule has 7 heteroatoms. The van der Waals surface area contributed by atoms with Gasteiger partial charge in [0.15, 0.2) is 0 Å². The van der Waals surface area contributed by atoms with Crippen molar-refractivity contribution in [3.8, 4) is 0 Å². The Morgan fingerprint density at radius 1 is 1.11 bits per heavy atom. The van der Waals surface area contributed by atoms with E-state index in [0.29, 0.717) is 12.2 Å². The highest BCUT2D eigenvalue weighted by molar-refractivity contribution is 9.10. The van der Waals surface area contributed by atoms with Crippen molar-refractivity contribution in [1.82, 2.24) is 5.32 Å². The molecule has 0 saturated carbocycles. The highest BCUT2D eigenvalue weighted by Gasteiger charge is 2.27. The van der Waals surface area contributed by atoms with Crippen molar-refractivity contribution < 1.29 is 13.2 Å². The zero-order chi connectivity index (χ0) is 19.9. The van der Waals surface area contributed by atoms with Crippen LogP contribution in [0.2, 0.25) is 0 Å². The van der Waals surface area contributed by atoms with E-state index in [1.807, 2.05) is 13.0 Å². The molecule has 0 aliphatic carbocycles. The maximum atomic E-state index is 13.2. The van der Waals surface area contributed by atoms with Crippen LogP contribution in [0.4, 0.5) is 5.69 Å². The quantitative estimate of drug-likeness (QED) is 0.577. The molecular weight excluding hydrogens is 428 g/mol. The number of aryl methyl sites for hydroxylation is 1. The van der Waals surface area contributed by atoms with Gasteiger partial charge in [0, 0.05) is 11.0 Å². The Hall–Kier alpha value is -1.86. The molecule has 2 rings (SSSR count). The van der Waals surface area contributed by atoms with Gasteiger partial charge in [0.2, 0.25) is 5.91 Å². The first-order chi connectivity index (χ1) is 12.8. The third-order valence-corrected chi connectivity index (χ3v) is 6.38. The third-order valence-electron chi connectivity index (χ3n) is 4.09. The first-order valence-corrected chi connectivity index (χ1v) is 11.2. The van der Waals surface area contributed by atoms with Crippen LogP contribution in [0.5, 0.6) is 0 Å². The number of sulfonamides is 1. The number of rotatable bonds is 9. The Balaban J connectivity index is 2.29. The Kier molecular flexibility index (Phi) is 7.86. The van der Waals surface area contributed by atoms with Gasteiger partial charge in [-0.15, -0.1) is 0 Å². The summed E-state index contributed by atoms with van der Waals surface area (Å²) in [5.74, 6) is -0.318. The van der Waals surface area contributed by atoms with Crippen molar-refractivity contribution in [2.45, 2.75) is 38.0 Å². The number of anilines is 1. The van der Waals surface area contributed by atoms with Crippen LogP contribution in [0.25, 0.3) is 0 Å². The maximum absolute atomic E-state index is 13.2. The molecule has 0 aliphatic heterocycles. The molecule has 2 aromatic rings. The lowest BCUT2D eigenvalue weighted by atomic mass is 10.2. The average molecular weight is 453 g/mol. The number of carbonyl (C=O) groups is 1. The van der Waals surface area contributed by atoms with Gasteiger partial charge in [-0.05, 0) is 43.7 Å². The molecule has 0 aromatic heterocycles. The number of hydrogen-bond acceptors (Lipinski definition) is 3. The van der Waals surface area contributed by atoms with Gasteiger partial charge in [0.25, 0.3) is 10.0 Å². The van der Waals surface area contributed by atoms with Crippen LogP contribution in [0.1, 0.15) is 31.7 Å². The standard InChI is InChI=1S/C20H25BrN2O3S/c1-3-4-5-13-22-20(24)15-23(18-8-6-7-17(21)14-18)27(25,26)19-11-9-16(2)10-12-19/h6-12,14H,3-5,13,15H2,1-2H3,(H,22,24). The number of carbonyl (C=O) groups excluding carboxylic acids is 1. The van der Waals surface area contributed by atoms with Gasteiger partial charge in [-0.1, -0.05) is 59.5 Å². The Morgan fingerprint density at radius 3 is 2.44 bits per heavy atom. The lowest BCUT2D eigenvalue weighted by molar-refractivity contribution is -0.119. The van der Waals surface area contributed by atoms with E-state index in [0.717, 1.165) is 33.6 Å². The van der Waals surface area contributed by atoms with E-state index in [9.17, 15) is 13.2 Å². The smallest absolute Gasteiger partial charge is 0.264 e. The molecule has 0 spiro atoms. The number of unbranched alkanes of at least 4 members (excludes halogenated alkanes) is 2. The van der Waals surface area contributed by atoms with Gasteiger partial charge >= 0.3 is 0 Å². The zero-order valence-electron chi connectivity index (χ0n) is 15.6. The van der Waals surface area contributed by atoms with Crippen molar-refractivity contribution in [2.24, 2.45) is 0 Å². The fraction of sp³-hybridized carbons (Fsp3) is 0.350. The molecular formula is C20H25BrN2O3S. The van der Waals surface area contributed by atoms with Crippen LogP contribution in [0.15, 0.2) is 57.9 Å². The minimum atomic E-state index is -3.87. The molecule has 0 saturated heterocycles. The van der Waals surface area contributed by atoms with Crippen LogP contribution in [-0.4, -0.2) is 27.4 Å². The summed E-state index contributed by atoms with van der Waals surface area (Å²) in [6.45, 7) is 4.26. The number of nitrogens with one attached hydrogen (secondary N) is 1. The summed E-state index contributed by atoms with van der Waals surface area (Å²) < 4.78 is 28.3. The summed E-state index contributed by atoms with van der Waals surface area (Å²) in [6, 6.07) is 13.6. The van der Waals surface area contributed by atoms with Crippen molar-refractivity contribution >= 4 is 37.5 Å². The van der Waals surface area contributed by atoms with E-state index in [4.69, 9.17) is 0 Å². The van der Waals surface area contributed by atoms with Crippen LogP contribution in [0.3, 0.4) is 0 Å². The van der Waals surface area contributed by atoms with Crippen LogP contribution in [0, 0.1) is 6.92 Å². The van der Waals surface area contributed by atoms with Crippen LogP contribution < -0.4 is 9.62 Å². The van der Waals surface area contributed by atoms with Gasteiger partial charge in [0.1, 0.15) is 6.54 Å². The summed E-state index contributed by atoms with van der Waals surface area (Å²) in [5.41, 5.74) is 1.41. The normalized spacial score (nSPS) is 11.2. The molecule has 27 heavy (non-hydrogen) atoms. The highest BCUT2D eigenvalue weighted by Crippen LogP contribution is 2.26. The van der Waals surface area contributed by atoms with Crippen molar-refractivity contribution in [2.75, 3.05) is 17.4 Å². The summed E-state index contributed by atoms with van der Waals surface area (Å²) in [6.07, 6.45) is 2.96.